The zero-order valence-corrected chi connectivity index (χ0v) is 16.4. The zero-order valence-electron chi connectivity index (χ0n) is 16.4. The maximum Gasteiger partial charge on any atom is 0.375 e. The Bertz CT molecular complexity index is 1150. The number of esters is 1. The lowest BCUT2D eigenvalue weighted by Crippen LogP contribution is -2.44. The van der Waals surface area contributed by atoms with E-state index in [1.807, 2.05) is 37.3 Å². The molecule has 0 saturated heterocycles. The number of carbonyl (C=O) groups excluding carboxylic acids is 3. The van der Waals surface area contributed by atoms with Crippen LogP contribution in [0.5, 0.6) is 0 Å². The molecule has 0 aliphatic carbocycles. The van der Waals surface area contributed by atoms with Crippen LogP contribution in [-0.4, -0.2) is 24.0 Å². The van der Waals surface area contributed by atoms with Crippen molar-refractivity contribution in [3.05, 3.63) is 81.7 Å². The molecule has 0 saturated carbocycles. The molecule has 2 aromatic carbocycles. The monoisotopic (exact) mass is 408 g/mol. The van der Waals surface area contributed by atoms with Crippen molar-refractivity contribution in [3.63, 3.8) is 0 Å². The van der Waals surface area contributed by atoms with Crippen molar-refractivity contribution < 1.29 is 23.5 Å². The molecule has 3 amide bonds. The highest BCUT2D eigenvalue weighted by Gasteiger charge is 2.23. The Labute approximate surface area is 171 Å². The van der Waals surface area contributed by atoms with Crippen LogP contribution in [0.25, 0.3) is 11.0 Å². The topological polar surface area (TPSA) is 115 Å². The second kappa shape index (κ2) is 9.04. The molecule has 8 nitrogen and oxygen atoms in total. The summed E-state index contributed by atoms with van der Waals surface area (Å²) in [4.78, 5) is 48.5. The minimum Gasteiger partial charge on any atom is -0.449 e. The summed E-state index contributed by atoms with van der Waals surface area (Å²) in [6, 6.07) is 14.4. The van der Waals surface area contributed by atoms with Crippen molar-refractivity contribution >= 4 is 28.9 Å². The van der Waals surface area contributed by atoms with E-state index in [-0.39, 0.29) is 17.9 Å². The highest BCUT2D eigenvalue weighted by molar-refractivity contribution is 5.98. The van der Waals surface area contributed by atoms with Gasteiger partial charge in [0.2, 0.25) is 5.76 Å². The molecule has 2 N–H and O–H groups in total. The van der Waals surface area contributed by atoms with Crippen LogP contribution in [0, 0.1) is 6.92 Å². The Balaban J connectivity index is 1.58. The maximum atomic E-state index is 12.3. The number of benzene rings is 2. The Morgan fingerprint density at radius 1 is 1.07 bits per heavy atom. The summed E-state index contributed by atoms with van der Waals surface area (Å²) < 4.78 is 10.4. The second-order valence-electron chi connectivity index (χ2n) is 6.68. The number of hydrogen-bond acceptors (Lipinski definition) is 6. The molecule has 0 fully saturated rings. The van der Waals surface area contributed by atoms with E-state index in [2.05, 4.69) is 10.6 Å². The van der Waals surface area contributed by atoms with E-state index in [0.29, 0.717) is 5.39 Å². The molecule has 1 atom stereocenters. The van der Waals surface area contributed by atoms with Gasteiger partial charge in [-0.2, -0.15) is 0 Å². The van der Waals surface area contributed by atoms with Gasteiger partial charge in [0.1, 0.15) is 5.58 Å². The number of ether oxygens (including phenoxy) is 1. The first-order valence-corrected chi connectivity index (χ1v) is 9.21. The summed E-state index contributed by atoms with van der Waals surface area (Å²) in [5.74, 6) is -2.13. The van der Waals surface area contributed by atoms with Crippen LogP contribution >= 0.6 is 0 Å². The molecule has 1 heterocycles. The summed E-state index contributed by atoms with van der Waals surface area (Å²) in [5.41, 5.74) is 1.57. The van der Waals surface area contributed by atoms with Gasteiger partial charge in [-0.25, -0.2) is 9.59 Å². The van der Waals surface area contributed by atoms with Crippen molar-refractivity contribution in [2.24, 2.45) is 0 Å². The van der Waals surface area contributed by atoms with E-state index in [0.717, 1.165) is 17.2 Å². The summed E-state index contributed by atoms with van der Waals surface area (Å²) in [6.45, 7) is 3.37. The summed E-state index contributed by atoms with van der Waals surface area (Å²) in [7, 11) is 0. The van der Waals surface area contributed by atoms with Gasteiger partial charge in [-0.15, -0.1) is 0 Å². The maximum absolute atomic E-state index is 12.3. The minimum absolute atomic E-state index is 0.232. The number of hydrogen-bond donors (Lipinski definition) is 2. The van der Waals surface area contributed by atoms with E-state index < -0.39 is 29.4 Å². The van der Waals surface area contributed by atoms with Crippen molar-refractivity contribution in [2.75, 3.05) is 0 Å². The van der Waals surface area contributed by atoms with Crippen molar-refractivity contribution in [1.82, 2.24) is 10.6 Å². The van der Waals surface area contributed by atoms with Crippen LogP contribution in [0.1, 0.15) is 28.6 Å². The summed E-state index contributed by atoms with van der Waals surface area (Å²) in [5, 5.41) is 4.97. The van der Waals surface area contributed by atoms with Gasteiger partial charge in [-0.3, -0.25) is 14.9 Å². The first kappa shape index (κ1) is 20.8. The van der Waals surface area contributed by atoms with E-state index in [9.17, 15) is 19.2 Å². The van der Waals surface area contributed by atoms with Gasteiger partial charge in [-0.1, -0.05) is 42.0 Å². The third-order valence-corrected chi connectivity index (χ3v) is 4.27. The first-order chi connectivity index (χ1) is 14.3. The van der Waals surface area contributed by atoms with Crippen LogP contribution < -0.4 is 16.1 Å². The number of amides is 3. The highest BCUT2D eigenvalue weighted by Crippen LogP contribution is 2.15. The Morgan fingerprint density at radius 2 is 1.80 bits per heavy atom. The molecular weight excluding hydrogens is 388 g/mol. The Kier molecular flexibility index (Phi) is 6.26. The molecule has 8 heteroatoms. The van der Waals surface area contributed by atoms with E-state index in [4.69, 9.17) is 9.15 Å². The van der Waals surface area contributed by atoms with Crippen LogP contribution in [-0.2, 0) is 16.1 Å². The predicted molar refractivity (Wildman–Crippen MR) is 109 cm³/mol. The number of imide groups is 1. The quantitative estimate of drug-likeness (QED) is 0.628. The van der Waals surface area contributed by atoms with Crippen LogP contribution in [0.2, 0.25) is 0 Å². The summed E-state index contributed by atoms with van der Waals surface area (Å²) in [6.07, 6.45) is -1.28. The molecule has 0 unspecified atom stereocenters. The molecule has 0 bridgehead atoms. The van der Waals surface area contributed by atoms with Crippen molar-refractivity contribution in [3.8, 4) is 0 Å². The largest absolute Gasteiger partial charge is 0.449 e. The first-order valence-electron chi connectivity index (χ1n) is 9.21. The summed E-state index contributed by atoms with van der Waals surface area (Å²) >= 11 is 0. The van der Waals surface area contributed by atoms with Gasteiger partial charge >= 0.3 is 12.0 Å². The second-order valence-corrected chi connectivity index (χ2v) is 6.68. The van der Waals surface area contributed by atoms with Gasteiger partial charge < -0.3 is 14.5 Å². The average molecular weight is 408 g/mol. The van der Waals surface area contributed by atoms with E-state index >= 15 is 0 Å². The van der Waals surface area contributed by atoms with Crippen molar-refractivity contribution in [2.45, 2.75) is 26.5 Å². The zero-order chi connectivity index (χ0) is 21.7. The number of nitrogens with one attached hydrogen (secondary N) is 2. The van der Waals surface area contributed by atoms with Crippen LogP contribution in [0.15, 0.2) is 63.8 Å². The number of aryl methyl sites for hydroxylation is 1. The molecule has 0 radical (unpaired) electrons. The van der Waals surface area contributed by atoms with Gasteiger partial charge in [-0.05, 0) is 31.5 Å². The van der Waals surface area contributed by atoms with Gasteiger partial charge in [0.15, 0.2) is 11.5 Å². The van der Waals surface area contributed by atoms with E-state index in [1.54, 1.807) is 18.2 Å². The normalized spacial score (nSPS) is 11.5. The van der Waals surface area contributed by atoms with Crippen molar-refractivity contribution in [1.29, 1.82) is 0 Å². The molecule has 154 valence electrons. The highest BCUT2D eigenvalue weighted by atomic mass is 16.6. The number of rotatable bonds is 5. The fraction of sp³-hybridized carbons (Fsp3) is 0.182. The Hall–Kier alpha value is -3.94. The molecular formula is C22H20N2O6. The van der Waals surface area contributed by atoms with Crippen LogP contribution in [0.3, 0.4) is 0 Å². The molecule has 0 aliphatic heterocycles. The average Bonchev–Trinajstić information content (AvgIpc) is 2.73. The van der Waals surface area contributed by atoms with Gasteiger partial charge in [0.05, 0.1) is 5.39 Å². The lowest BCUT2D eigenvalue weighted by Gasteiger charge is -2.13. The number of fused-ring (bicyclic) bond motifs is 1. The fourth-order valence-electron chi connectivity index (χ4n) is 2.68. The molecule has 0 spiro atoms. The lowest BCUT2D eigenvalue weighted by molar-refractivity contribution is -0.128. The predicted octanol–water partition coefficient (Wildman–Crippen LogP) is 2.67. The molecule has 0 aliphatic rings. The molecule has 30 heavy (non-hydrogen) atoms. The standard InChI is InChI=1S/C22H20N2O6/c1-13-8-9-18-16(10-13)17(25)11-19(30-18)21(27)29-14(2)20(26)24-22(28)23-12-15-6-4-3-5-7-15/h3-11,14H,12H2,1-2H3,(H2,23,24,26,28)/t14-/m1/s1. The SMILES string of the molecule is Cc1ccc2oc(C(=O)O[C@H](C)C(=O)NC(=O)NCc3ccccc3)cc(=O)c2c1. The smallest absolute Gasteiger partial charge is 0.375 e. The third kappa shape index (κ3) is 5.11. The van der Waals surface area contributed by atoms with Crippen LogP contribution in [0.4, 0.5) is 4.79 Å². The fourth-order valence-corrected chi connectivity index (χ4v) is 2.68. The lowest BCUT2D eigenvalue weighted by atomic mass is 10.1. The van der Waals surface area contributed by atoms with Gasteiger partial charge in [0.25, 0.3) is 5.91 Å². The Morgan fingerprint density at radius 3 is 2.53 bits per heavy atom. The number of urea groups is 1. The minimum atomic E-state index is -1.28. The molecule has 3 aromatic rings. The number of carbonyl (C=O) groups is 3. The van der Waals surface area contributed by atoms with E-state index in [1.165, 1.54) is 6.92 Å². The van der Waals surface area contributed by atoms with Gasteiger partial charge in [0, 0.05) is 12.6 Å². The third-order valence-electron chi connectivity index (χ3n) is 4.27. The molecule has 1 aromatic heterocycles. The molecule has 3 rings (SSSR count).